The van der Waals surface area contributed by atoms with Crippen LogP contribution in [-0.2, 0) is 32.3 Å². The van der Waals surface area contributed by atoms with Gasteiger partial charge in [-0.3, -0.25) is 19.2 Å². The van der Waals surface area contributed by atoms with Crippen LogP contribution in [0.15, 0.2) is 12.4 Å². The lowest BCUT2D eigenvalue weighted by Gasteiger charge is -2.04. The summed E-state index contributed by atoms with van der Waals surface area (Å²) in [4.78, 5) is 58.6. The average Bonchev–Trinajstić information content (AvgIpc) is 3.25. The maximum Gasteiger partial charge on any atom is 0.306 e. The molecule has 2 aromatic heterocycles. The first kappa shape index (κ1) is 19.0. The number of carbonyl (C=O) groups excluding carboxylic acids is 4. The van der Waals surface area contributed by atoms with Crippen molar-refractivity contribution in [1.82, 2.24) is 19.9 Å². The number of hydrogen-bond donors (Lipinski definition) is 2. The average molecular weight is 362 g/mol. The van der Waals surface area contributed by atoms with Gasteiger partial charge in [0.1, 0.15) is 13.2 Å². The Labute approximate surface area is 148 Å². The summed E-state index contributed by atoms with van der Waals surface area (Å²) >= 11 is 0. The molecular weight excluding hydrogens is 344 g/mol. The highest BCUT2D eigenvalue weighted by atomic mass is 16.5. The van der Waals surface area contributed by atoms with Crippen LogP contribution in [0.1, 0.15) is 59.3 Å². The lowest BCUT2D eigenvalue weighted by molar-refractivity contribution is -0.151. The molecule has 26 heavy (non-hydrogen) atoms. The number of aromatic nitrogens is 4. The number of nitrogens with zero attached hydrogens (tertiary/aromatic N) is 2. The van der Waals surface area contributed by atoms with Gasteiger partial charge in [0.05, 0.1) is 36.6 Å². The number of rotatable bonds is 9. The van der Waals surface area contributed by atoms with Crippen LogP contribution in [0.2, 0.25) is 0 Å². The molecular formula is C16H18N4O6. The fourth-order valence-electron chi connectivity index (χ4n) is 1.89. The minimum absolute atomic E-state index is 0.0733. The maximum atomic E-state index is 11.6. The Morgan fingerprint density at radius 2 is 1.19 bits per heavy atom. The summed E-state index contributed by atoms with van der Waals surface area (Å²) in [7, 11) is 0. The van der Waals surface area contributed by atoms with Crippen molar-refractivity contribution < 1.29 is 28.7 Å². The van der Waals surface area contributed by atoms with Crippen LogP contribution in [0.3, 0.4) is 0 Å². The maximum absolute atomic E-state index is 11.6. The van der Waals surface area contributed by atoms with Gasteiger partial charge in [0.2, 0.25) is 0 Å². The van der Waals surface area contributed by atoms with E-state index in [1.807, 2.05) is 0 Å². The van der Waals surface area contributed by atoms with E-state index in [1.165, 1.54) is 26.2 Å². The van der Waals surface area contributed by atoms with Crippen molar-refractivity contribution in [1.29, 1.82) is 0 Å². The molecule has 0 aromatic carbocycles. The van der Waals surface area contributed by atoms with Crippen molar-refractivity contribution in [2.45, 2.75) is 39.9 Å². The van der Waals surface area contributed by atoms with Crippen molar-refractivity contribution in [3.8, 4) is 0 Å². The van der Waals surface area contributed by atoms with Gasteiger partial charge in [-0.2, -0.15) is 0 Å². The van der Waals surface area contributed by atoms with Crippen molar-refractivity contribution in [2.75, 3.05) is 0 Å². The molecule has 2 aromatic rings. The number of esters is 2. The van der Waals surface area contributed by atoms with Gasteiger partial charge < -0.3 is 19.4 Å². The van der Waals surface area contributed by atoms with Crippen LogP contribution in [-0.4, -0.2) is 43.4 Å². The standard InChI is InChI=1S/C16H18N4O6/c1-9(21)15-17-5-11(19-15)7-25-13(23)3-4-14(24)26-8-12-6-18-16(20-12)10(2)22/h5-6H,3-4,7-8H2,1-2H3,(H,17,19)(H,18,20). The summed E-state index contributed by atoms with van der Waals surface area (Å²) in [5.74, 6) is -1.24. The Hall–Kier alpha value is -3.30. The van der Waals surface area contributed by atoms with Crippen LogP contribution < -0.4 is 0 Å². The Kier molecular flexibility index (Phi) is 6.36. The largest absolute Gasteiger partial charge is 0.459 e. The summed E-state index contributed by atoms with van der Waals surface area (Å²) in [6, 6.07) is 0. The van der Waals surface area contributed by atoms with Crippen molar-refractivity contribution in [3.05, 3.63) is 35.4 Å². The number of hydrogen-bond acceptors (Lipinski definition) is 8. The molecule has 138 valence electrons. The smallest absolute Gasteiger partial charge is 0.306 e. The molecule has 0 spiro atoms. The second kappa shape index (κ2) is 8.70. The first-order chi connectivity index (χ1) is 12.3. The van der Waals surface area contributed by atoms with Crippen molar-refractivity contribution in [3.63, 3.8) is 0 Å². The number of aromatic amines is 2. The fraction of sp³-hybridized carbons (Fsp3) is 0.375. The fourth-order valence-corrected chi connectivity index (χ4v) is 1.89. The molecule has 2 N–H and O–H groups in total. The van der Waals surface area contributed by atoms with Crippen LogP contribution in [0.4, 0.5) is 0 Å². The number of H-pyrrole nitrogens is 2. The highest BCUT2D eigenvalue weighted by Crippen LogP contribution is 2.05. The molecule has 2 heterocycles. The minimum atomic E-state index is -0.582. The van der Waals surface area contributed by atoms with Gasteiger partial charge in [-0.15, -0.1) is 0 Å². The summed E-state index contributed by atoms with van der Waals surface area (Å²) < 4.78 is 9.96. The summed E-state index contributed by atoms with van der Waals surface area (Å²) in [6.07, 6.45) is 2.51. The normalized spacial score (nSPS) is 10.4. The molecule has 0 aliphatic heterocycles. The molecule has 0 aliphatic carbocycles. The van der Waals surface area contributed by atoms with Gasteiger partial charge >= 0.3 is 11.9 Å². The molecule has 0 aliphatic rings. The van der Waals surface area contributed by atoms with Crippen molar-refractivity contribution >= 4 is 23.5 Å². The topological polar surface area (TPSA) is 144 Å². The van der Waals surface area contributed by atoms with Gasteiger partial charge in [0, 0.05) is 13.8 Å². The molecule has 0 unspecified atom stereocenters. The number of imidazole rings is 2. The van der Waals surface area contributed by atoms with E-state index >= 15 is 0 Å². The Morgan fingerprint density at radius 1 is 0.808 bits per heavy atom. The monoisotopic (exact) mass is 362 g/mol. The van der Waals surface area contributed by atoms with E-state index in [9.17, 15) is 19.2 Å². The van der Waals surface area contributed by atoms with Gasteiger partial charge in [0.15, 0.2) is 23.2 Å². The second-order valence-corrected chi connectivity index (χ2v) is 5.45. The molecule has 10 nitrogen and oxygen atoms in total. The number of ether oxygens (including phenoxy) is 2. The van der Waals surface area contributed by atoms with E-state index in [4.69, 9.17) is 9.47 Å². The predicted octanol–water partition coefficient (Wildman–Crippen LogP) is 1.10. The third-order valence-corrected chi connectivity index (χ3v) is 3.23. The predicted molar refractivity (Wildman–Crippen MR) is 86.0 cm³/mol. The Morgan fingerprint density at radius 3 is 1.50 bits per heavy atom. The molecule has 0 saturated heterocycles. The molecule has 0 fully saturated rings. The van der Waals surface area contributed by atoms with E-state index in [0.29, 0.717) is 11.4 Å². The minimum Gasteiger partial charge on any atom is -0.459 e. The van der Waals surface area contributed by atoms with Crippen LogP contribution in [0, 0.1) is 0 Å². The highest BCUT2D eigenvalue weighted by Gasteiger charge is 2.12. The lowest BCUT2D eigenvalue weighted by Crippen LogP contribution is -2.10. The van der Waals surface area contributed by atoms with Gasteiger partial charge in [-0.25, -0.2) is 9.97 Å². The van der Waals surface area contributed by atoms with Crippen LogP contribution in [0.5, 0.6) is 0 Å². The van der Waals surface area contributed by atoms with E-state index in [1.54, 1.807) is 0 Å². The quantitative estimate of drug-likeness (QED) is 0.498. The third-order valence-electron chi connectivity index (χ3n) is 3.23. The molecule has 0 saturated carbocycles. The zero-order valence-electron chi connectivity index (χ0n) is 14.3. The molecule has 10 heteroatoms. The third kappa shape index (κ3) is 5.65. The molecule has 2 rings (SSSR count). The SMILES string of the molecule is CC(=O)c1ncc(COC(=O)CCC(=O)OCc2cnc(C(C)=O)[nH]2)[nH]1. The Bertz CT molecular complexity index is 754. The van der Waals surface area contributed by atoms with E-state index in [-0.39, 0.29) is 49.3 Å². The first-order valence-corrected chi connectivity index (χ1v) is 7.76. The molecule has 0 bridgehead atoms. The van der Waals surface area contributed by atoms with Gasteiger partial charge in [-0.1, -0.05) is 0 Å². The first-order valence-electron chi connectivity index (χ1n) is 7.76. The number of nitrogens with one attached hydrogen (secondary N) is 2. The Balaban J connectivity index is 1.66. The number of carbonyl (C=O) groups is 4. The van der Waals surface area contributed by atoms with Crippen molar-refractivity contribution in [2.24, 2.45) is 0 Å². The van der Waals surface area contributed by atoms with E-state index < -0.39 is 11.9 Å². The zero-order valence-corrected chi connectivity index (χ0v) is 14.3. The number of Topliss-reactive ketones (excluding diaryl/α,β-unsaturated/α-hetero) is 2. The van der Waals surface area contributed by atoms with Crippen LogP contribution >= 0.6 is 0 Å². The van der Waals surface area contributed by atoms with E-state index in [0.717, 1.165) is 0 Å². The van der Waals surface area contributed by atoms with E-state index in [2.05, 4.69) is 19.9 Å². The number of ketones is 2. The summed E-state index contributed by atoms with van der Waals surface area (Å²) in [6.45, 7) is 2.58. The summed E-state index contributed by atoms with van der Waals surface area (Å²) in [5, 5.41) is 0. The van der Waals surface area contributed by atoms with Gasteiger partial charge in [-0.05, 0) is 0 Å². The summed E-state index contributed by atoms with van der Waals surface area (Å²) in [5.41, 5.74) is 0.957. The van der Waals surface area contributed by atoms with Gasteiger partial charge in [0.25, 0.3) is 0 Å². The van der Waals surface area contributed by atoms with Crippen LogP contribution in [0.25, 0.3) is 0 Å². The molecule has 0 atom stereocenters. The highest BCUT2D eigenvalue weighted by molar-refractivity contribution is 5.90. The molecule has 0 amide bonds. The second-order valence-electron chi connectivity index (χ2n) is 5.45. The zero-order chi connectivity index (χ0) is 19.1. The molecule has 0 radical (unpaired) electrons. The lowest BCUT2D eigenvalue weighted by atomic mass is 10.3.